The Balaban J connectivity index is 0.000000213. The van der Waals surface area contributed by atoms with Gasteiger partial charge in [-0.2, -0.15) is 0 Å². The summed E-state index contributed by atoms with van der Waals surface area (Å²) in [5, 5.41) is 2.96. The van der Waals surface area contributed by atoms with Crippen molar-refractivity contribution < 1.29 is 31.4 Å². The molecule has 0 amide bonds. The first-order chi connectivity index (χ1) is 27.4. The molecular weight excluding hydrogens is 855 g/mol. The molecule has 0 N–H and O–H groups in total. The molecule has 1 radical (unpaired) electrons. The second-order valence-electron chi connectivity index (χ2n) is 16.8. The molecule has 6 heteroatoms. The fraction of sp³-hybridized carbons (Fsp3) is 0.438. The number of hydrogen-bond donors (Lipinski definition) is 0. The molecule has 0 bridgehead atoms. The normalized spacial score (nSPS) is 18.3. The van der Waals surface area contributed by atoms with E-state index in [-0.39, 0.29) is 26.0 Å². The second-order valence-corrected chi connectivity index (χ2v) is 21.9. The number of nitrogens with zero attached hydrogens (tertiary/aromatic N) is 3. The van der Waals surface area contributed by atoms with Crippen LogP contribution >= 0.6 is 0 Å². The zero-order valence-electron chi connectivity index (χ0n) is 37.7. The first kappa shape index (κ1) is 33.9. The Kier molecular flexibility index (Phi) is 11.0. The molecule has 2 aliphatic carbocycles. The number of fused-ring (bicyclic) bond motifs is 3. The van der Waals surface area contributed by atoms with Gasteiger partial charge < -0.3 is 14.4 Å². The van der Waals surface area contributed by atoms with Crippen LogP contribution < -0.4 is 5.19 Å². The van der Waals surface area contributed by atoms with E-state index >= 15 is 0 Å². The Morgan fingerprint density at radius 1 is 0.833 bits per heavy atom. The van der Waals surface area contributed by atoms with Gasteiger partial charge in [0.05, 0.1) is 13.7 Å². The van der Waals surface area contributed by atoms with Crippen LogP contribution in [-0.4, -0.2) is 23.0 Å². The number of hydrogen-bond acceptors (Lipinski definition) is 4. The summed E-state index contributed by atoms with van der Waals surface area (Å²) in [6.07, 6.45) is 11.0. The van der Waals surface area contributed by atoms with Crippen LogP contribution in [0, 0.1) is 23.5 Å². The van der Waals surface area contributed by atoms with Crippen molar-refractivity contribution in [3.63, 3.8) is 0 Å². The predicted molar refractivity (Wildman–Crippen MR) is 224 cm³/mol. The third kappa shape index (κ3) is 9.86. The van der Waals surface area contributed by atoms with Crippen molar-refractivity contribution in [1.29, 1.82) is 0 Å². The summed E-state index contributed by atoms with van der Waals surface area (Å²) >= 11 is 0. The quantitative estimate of drug-likeness (QED) is 0.118. The zero-order chi connectivity index (χ0) is 41.5. The van der Waals surface area contributed by atoms with Crippen molar-refractivity contribution in [1.82, 2.24) is 15.0 Å². The molecule has 2 fully saturated rings. The maximum absolute atomic E-state index is 8.96. The van der Waals surface area contributed by atoms with E-state index in [2.05, 4.69) is 41.7 Å². The maximum Gasteiger partial charge on any atom is 0.216 e. The van der Waals surface area contributed by atoms with E-state index in [1.165, 1.54) is 12.8 Å². The number of pyridine rings is 3. The standard InChI is InChI=1S/C29H31N2O.C19H26NSi.Ir/c1-3-8-20(9-4-1)18-21-16-17-30-27(19-21)25-13-7-12-23-24-14-15-26(22-10-5-2-6-11-22)31-29(24)32-28(23)25;1-19(2,3)13-16-12-17(15-10-8-7-9-11-15)20-14-18(16)21(4,5)6;/h7,12,14-17,19-20,22H,1-6,8-11,18H2;7-10,12,14H,13H2,1-6H3;/q2*-1;/i18D2,22D;13D2;. The molecule has 4 nitrogen and oxygen atoms in total. The maximum atomic E-state index is 8.96. The van der Waals surface area contributed by atoms with Crippen LogP contribution in [0.1, 0.15) is 115 Å². The summed E-state index contributed by atoms with van der Waals surface area (Å²) < 4.78 is 50.5. The summed E-state index contributed by atoms with van der Waals surface area (Å²) in [6, 6.07) is 27.7. The molecule has 2 saturated carbocycles. The van der Waals surface area contributed by atoms with E-state index in [4.69, 9.17) is 16.3 Å². The smallest absolute Gasteiger partial charge is 0.216 e. The monoisotopic (exact) mass is 917 g/mol. The van der Waals surface area contributed by atoms with Gasteiger partial charge in [-0.3, -0.25) is 0 Å². The molecule has 4 heterocycles. The molecule has 0 saturated heterocycles. The summed E-state index contributed by atoms with van der Waals surface area (Å²) in [4.78, 5) is 14.0. The van der Waals surface area contributed by atoms with E-state index < -0.39 is 32.1 Å². The van der Waals surface area contributed by atoms with Crippen LogP contribution in [0.5, 0.6) is 0 Å². The van der Waals surface area contributed by atoms with Crippen LogP contribution in [0.25, 0.3) is 44.6 Å². The van der Waals surface area contributed by atoms with Crippen molar-refractivity contribution in [2.24, 2.45) is 11.3 Å². The summed E-state index contributed by atoms with van der Waals surface area (Å²) in [5.74, 6) is -0.599. The van der Waals surface area contributed by atoms with E-state index in [9.17, 15) is 0 Å². The largest absolute Gasteiger partial charge is 0.486 e. The number of benzene rings is 2. The van der Waals surface area contributed by atoms with Gasteiger partial charge in [0, 0.05) is 56.3 Å². The van der Waals surface area contributed by atoms with Gasteiger partial charge in [-0.15, -0.1) is 54.1 Å². The third-order valence-corrected chi connectivity index (χ3v) is 12.3. The molecule has 2 aliphatic rings. The van der Waals surface area contributed by atoms with Crippen molar-refractivity contribution in [2.45, 2.75) is 123 Å². The Bertz CT molecular complexity index is 2380. The van der Waals surface area contributed by atoms with Gasteiger partial charge in [0.25, 0.3) is 0 Å². The molecular formula is C48H57IrN3OSi-2. The van der Waals surface area contributed by atoms with E-state index in [0.29, 0.717) is 22.6 Å². The summed E-state index contributed by atoms with van der Waals surface area (Å²) in [5.41, 5.74) is 6.04. The average Bonchev–Trinajstić information content (AvgIpc) is 3.59. The van der Waals surface area contributed by atoms with Crippen LogP contribution in [0.2, 0.25) is 19.6 Å². The molecule has 54 heavy (non-hydrogen) atoms. The number of rotatable bonds is 7. The predicted octanol–water partition coefficient (Wildman–Crippen LogP) is 12.7. The van der Waals surface area contributed by atoms with Crippen molar-refractivity contribution >= 4 is 35.3 Å². The average molecular weight is 917 g/mol. The minimum atomic E-state index is -1.70. The van der Waals surface area contributed by atoms with Gasteiger partial charge in [0.15, 0.2) is 0 Å². The first-order valence-corrected chi connectivity index (χ1v) is 23.1. The summed E-state index contributed by atoms with van der Waals surface area (Å²) in [6.45, 7) is 12.6. The minimum Gasteiger partial charge on any atom is -0.486 e. The second kappa shape index (κ2) is 17.6. The van der Waals surface area contributed by atoms with Gasteiger partial charge in [-0.25, -0.2) is 4.98 Å². The molecule has 0 atom stereocenters. The molecule has 0 spiro atoms. The van der Waals surface area contributed by atoms with Crippen molar-refractivity contribution in [2.75, 3.05) is 0 Å². The molecule has 0 aliphatic heterocycles. The van der Waals surface area contributed by atoms with Crippen LogP contribution in [-0.2, 0) is 32.9 Å². The Morgan fingerprint density at radius 3 is 2.30 bits per heavy atom. The Hall–Kier alpha value is -3.44. The van der Waals surface area contributed by atoms with Crippen LogP contribution in [0.3, 0.4) is 0 Å². The number of furan rings is 1. The molecule has 6 aromatic rings. The Morgan fingerprint density at radius 2 is 1.59 bits per heavy atom. The van der Waals surface area contributed by atoms with Gasteiger partial charge >= 0.3 is 0 Å². The molecule has 8 rings (SSSR count). The first-order valence-electron chi connectivity index (χ1n) is 22.1. The van der Waals surface area contributed by atoms with E-state index in [1.54, 1.807) is 6.20 Å². The van der Waals surface area contributed by atoms with Crippen molar-refractivity contribution in [3.05, 3.63) is 108 Å². The summed E-state index contributed by atoms with van der Waals surface area (Å²) in [7, 11) is -1.70. The number of aromatic nitrogens is 3. The SMILES string of the molecule is [2H]C([2H])(c1cc(-c2[c-]cccc2)ncc1[Si](C)(C)C)C(C)(C)C.[2H]C1(c2ccc3c(n2)oc2c(-c4cc(C([2H])([2H])C5CCCCC5)ccn4)[c-]ccc23)CCCCC1.[Ir]. The van der Waals surface area contributed by atoms with Gasteiger partial charge in [0.2, 0.25) is 5.71 Å². The Labute approximate surface area is 345 Å². The van der Waals surface area contributed by atoms with E-state index in [0.717, 1.165) is 95.4 Å². The van der Waals surface area contributed by atoms with Gasteiger partial charge in [-0.1, -0.05) is 126 Å². The molecule has 285 valence electrons. The van der Waals surface area contributed by atoms with E-state index in [1.807, 2.05) is 93.7 Å². The van der Waals surface area contributed by atoms with Gasteiger partial charge in [-0.05, 0) is 71.7 Å². The van der Waals surface area contributed by atoms with Crippen LogP contribution in [0.4, 0.5) is 0 Å². The molecule has 0 unspecified atom stereocenters. The minimum absolute atomic E-state index is 0. The molecule has 2 aromatic carbocycles. The third-order valence-electron chi connectivity index (χ3n) is 10.3. The fourth-order valence-electron chi connectivity index (χ4n) is 7.64. The topological polar surface area (TPSA) is 51.8 Å². The van der Waals surface area contributed by atoms with Gasteiger partial charge in [0.1, 0.15) is 0 Å². The van der Waals surface area contributed by atoms with Crippen LogP contribution in [0.15, 0.2) is 83.5 Å². The fourth-order valence-corrected chi connectivity index (χ4v) is 9.04. The molecule has 4 aromatic heterocycles. The zero-order valence-corrected chi connectivity index (χ0v) is 36.1. The van der Waals surface area contributed by atoms with Crippen molar-refractivity contribution in [3.8, 4) is 22.5 Å².